The SMILES string of the molecule is CCOC(=O)c1cnc2c(N(C)C(=O)OC(C)(C)C)cc(Nc3cc(OCCCNC(=O)OC(C)(C)C)cnc3OC)nn12. The van der Waals surface area contributed by atoms with Crippen molar-refractivity contribution in [3.8, 4) is 11.6 Å². The summed E-state index contributed by atoms with van der Waals surface area (Å²) in [6.45, 7) is 13.1. The molecule has 0 aliphatic rings. The third-order valence-electron chi connectivity index (χ3n) is 5.50. The average Bonchev–Trinajstić information content (AvgIpc) is 3.34. The molecule has 0 atom stereocenters. The lowest BCUT2D eigenvalue weighted by Crippen LogP contribution is -2.34. The van der Waals surface area contributed by atoms with Crippen molar-refractivity contribution in [3.63, 3.8) is 0 Å². The molecule has 44 heavy (non-hydrogen) atoms. The van der Waals surface area contributed by atoms with Gasteiger partial charge in [-0.05, 0) is 54.9 Å². The number of fused-ring (bicyclic) bond motifs is 1. The monoisotopic (exact) mass is 615 g/mol. The van der Waals surface area contributed by atoms with Gasteiger partial charge in [-0.2, -0.15) is 0 Å². The zero-order valence-electron chi connectivity index (χ0n) is 26.6. The quantitative estimate of drug-likeness (QED) is 0.173. The van der Waals surface area contributed by atoms with E-state index in [0.29, 0.717) is 30.1 Å². The number of amides is 2. The Morgan fingerprint density at radius 2 is 1.70 bits per heavy atom. The van der Waals surface area contributed by atoms with E-state index in [4.69, 9.17) is 23.7 Å². The topological polar surface area (TPSA) is 168 Å². The van der Waals surface area contributed by atoms with Crippen LogP contribution >= 0.6 is 0 Å². The van der Waals surface area contributed by atoms with E-state index >= 15 is 0 Å². The van der Waals surface area contributed by atoms with Gasteiger partial charge in [-0.15, -0.1) is 5.10 Å². The van der Waals surface area contributed by atoms with Crippen LogP contribution in [0.5, 0.6) is 11.6 Å². The average molecular weight is 616 g/mol. The number of rotatable bonds is 11. The van der Waals surface area contributed by atoms with Crippen molar-refractivity contribution in [2.75, 3.05) is 44.1 Å². The molecule has 240 valence electrons. The lowest BCUT2D eigenvalue weighted by Gasteiger charge is -2.25. The highest BCUT2D eigenvalue weighted by atomic mass is 16.6. The van der Waals surface area contributed by atoms with E-state index in [-0.39, 0.29) is 36.3 Å². The van der Waals surface area contributed by atoms with Crippen LogP contribution in [-0.2, 0) is 14.2 Å². The van der Waals surface area contributed by atoms with Crippen LogP contribution in [0.4, 0.5) is 26.8 Å². The molecule has 0 aliphatic carbocycles. The van der Waals surface area contributed by atoms with Gasteiger partial charge in [0.05, 0.1) is 38.4 Å². The Labute approximate surface area is 256 Å². The van der Waals surface area contributed by atoms with Crippen molar-refractivity contribution in [1.29, 1.82) is 0 Å². The number of carbonyl (C=O) groups is 3. The van der Waals surface area contributed by atoms with E-state index in [0.717, 1.165) is 0 Å². The number of aromatic nitrogens is 4. The number of esters is 1. The summed E-state index contributed by atoms with van der Waals surface area (Å²) in [5.41, 5.74) is -0.327. The Hall–Kier alpha value is -4.82. The third-order valence-corrected chi connectivity index (χ3v) is 5.50. The van der Waals surface area contributed by atoms with Crippen molar-refractivity contribution in [2.24, 2.45) is 0 Å². The predicted octanol–water partition coefficient (Wildman–Crippen LogP) is 4.72. The van der Waals surface area contributed by atoms with Gasteiger partial charge in [0.15, 0.2) is 17.2 Å². The summed E-state index contributed by atoms with van der Waals surface area (Å²) in [7, 11) is 2.99. The fourth-order valence-corrected chi connectivity index (χ4v) is 3.70. The summed E-state index contributed by atoms with van der Waals surface area (Å²) in [5, 5.41) is 10.3. The molecule has 15 heteroatoms. The third kappa shape index (κ3) is 9.34. The first kappa shape index (κ1) is 33.7. The lowest BCUT2D eigenvalue weighted by molar-refractivity contribution is 0.0509. The molecular formula is C29H41N7O8. The fourth-order valence-electron chi connectivity index (χ4n) is 3.70. The molecule has 0 saturated carbocycles. The Balaban J connectivity index is 1.87. The molecule has 3 aromatic rings. The number of anilines is 3. The van der Waals surface area contributed by atoms with E-state index in [1.54, 1.807) is 60.6 Å². The highest BCUT2D eigenvalue weighted by Gasteiger charge is 2.26. The summed E-state index contributed by atoms with van der Waals surface area (Å²) >= 11 is 0. The number of imidazole rings is 1. The van der Waals surface area contributed by atoms with Gasteiger partial charge < -0.3 is 34.3 Å². The molecule has 0 aromatic carbocycles. The molecular weight excluding hydrogens is 574 g/mol. The van der Waals surface area contributed by atoms with Crippen LogP contribution < -0.4 is 25.0 Å². The van der Waals surface area contributed by atoms with Gasteiger partial charge in [0.25, 0.3) is 0 Å². The number of hydrogen-bond donors (Lipinski definition) is 2. The van der Waals surface area contributed by atoms with Gasteiger partial charge in [-0.25, -0.2) is 28.9 Å². The normalized spacial score (nSPS) is 11.5. The standard InChI is InChI=1S/C29H41N7O8/c1-10-41-25(37)21-17-31-23-20(35(8)27(39)44-29(5,6)7)15-22(34-36(21)23)33-19-14-18(16-32-24(19)40-9)42-13-11-12-30-26(38)43-28(2,3)4/h14-17H,10-13H2,1-9H3,(H,30,38)(H,33,34). The van der Waals surface area contributed by atoms with Crippen molar-refractivity contribution >= 4 is 41.0 Å². The second kappa shape index (κ2) is 14.1. The summed E-state index contributed by atoms with van der Waals surface area (Å²) < 4.78 is 28.5. The number of nitrogens with one attached hydrogen (secondary N) is 2. The molecule has 0 radical (unpaired) electrons. The van der Waals surface area contributed by atoms with Crippen LogP contribution in [0.15, 0.2) is 24.5 Å². The Morgan fingerprint density at radius 3 is 2.34 bits per heavy atom. The van der Waals surface area contributed by atoms with Crippen molar-refractivity contribution in [1.82, 2.24) is 24.9 Å². The van der Waals surface area contributed by atoms with Crippen LogP contribution in [-0.4, -0.2) is 82.9 Å². The Bertz CT molecular complexity index is 1480. The minimum absolute atomic E-state index is 0.0616. The first-order valence-electron chi connectivity index (χ1n) is 14.0. The molecule has 2 amide bonds. The van der Waals surface area contributed by atoms with Crippen LogP contribution in [0.2, 0.25) is 0 Å². The van der Waals surface area contributed by atoms with Crippen LogP contribution in [0.3, 0.4) is 0 Å². The highest BCUT2D eigenvalue weighted by Crippen LogP contribution is 2.31. The van der Waals surface area contributed by atoms with Crippen LogP contribution in [0.25, 0.3) is 5.65 Å². The maximum atomic E-state index is 13.0. The summed E-state index contributed by atoms with van der Waals surface area (Å²) in [4.78, 5) is 47.4. The zero-order chi connectivity index (χ0) is 32.7. The minimum Gasteiger partial charge on any atom is -0.492 e. The number of ether oxygens (including phenoxy) is 5. The van der Waals surface area contributed by atoms with Gasteiger partial charge in [0.1, 0.15) is 22.6 Å². The predicted molar refractivity (Wildman–Crippen MR) is 162 cm³/mol. The second-order valence-electron chi connectivity index (χ2n) is 11.5. The zero-order valence-corrected chi connectivity index (χ0v) is 26.6. The summed E-state index contributed by atoms with van der Waals surface area (Å²) in [6, 6.07) is 3.24. The molecule has 0 unspecified atom stereocenters. The minimum atomic E-state index is -0.744. The number of nitrogens with zero attached hydrogens (tertiary/aromatic N) is 5. The smallest absolute Gasteiger partial charge is 0.414 e. The summed E-state index contributed by atoms with van der Waals surface area (Å²) in [6.07, 6.45) is 2.21. The number of methoxy groups -OCH3 is 1. The molecule has 0 bridgehead atoms. The molecule has 2 N–H and O–H groups in total. The number of alkyl carbamates (subject to hydrolysis) is 1. The number of hydrogen-bond acceptors (Lipinski definition) is 12. The van der Waals surface area contributed by atoms with E-state index in [1.807, 2.05) is 0 Å². The van der Waals surface area contributed by atoms with E-state index in [1.165, 1.54) is 36.0 Å². The number of carbonyl (C=O) groups excluding carboxylic acids is 3. The van der Waals surface area contributed by atoms with Gasteiger partial charge in [0, 0.05) is 25.7 Å². The molecule has 15 nitrogen and oxygen atoms in total. The van der Waals surface area contributed by atoms with E-state index < -0.39 is 29.4 Å². The first-order chi connectivity index (χ1) is 20.6. The van der Waals surface area contributed by atoms with Gasteiger partial charge in [0.2, 0.25) is 5.88 Å². The number of pyridine rings is 1. The summed E-state index contributed by atoms with van der Waals surface area (Å²) in [5.74, 6) is 0.258. The van der Waals surface area contributed by atoms with Gasteiger partial charge in [-0.1, -0.05) is 0 Å². The fraction of sp³-hybridized carbons (Fsp3) is 0.517. The molecule has 3 rings (SSSR count). The van der Waals surface area contributed by atoms with Crippen molar-refractivity contribution in [2.45, 2.75) is 66.1 Å². The molecule has 3 heterocycles. The van der Waals surface area contributed by atoms with Gasteiger partial charge >= 0.3 is 18.2 Å². The first-order valence-corrected chi connectivity index (χ1v) is 14.0. The van der Waals surface area contributed by atoms with Crippen molar-refractivity contribution in [3.05, 3.63) is 30.2 Å². The van der Waals surface area contributed by atoms with E-state index in [9.17, 15) is 14.4 Å². The lowest BCUT2D eigenvalue weighted by atomic mass is 10.2. The molecule has 0 aliphatic heterocycles. The maximum Gasteiger partial charge on any atom is 0.414 e. The molecule has 0 spiro atoms. The van der Waals surface area contributed by atoms with Crippen LogP contribution in [0.1, 0.15) is 65.4 Å². The molecule has 0 saturated heterocycles. The van der Waals surface area contributed by atoms with Crippen molar-refractivity contribution < 1.29 is 38.1 Å². The van der Waals surface area contributed by atoms with Crippen LogP contribution in [0, 0.1) is 0 Å². The van der Waals surface area contributed by atoms with Gasteiger partial charge in [-0.3, -0.25) is 4.90 Å². The molecule has 0 fully saturated rings. The van der Waals surface area contributed by atoms with E-state index in [2.05, 4.69) is 25.7 Å². The maximum absolute atomic E-state index is 13.0. The largest absolute Gasteiger partial charge is 0.492 e. The molecule has 3 aromatic heterocycles. The Morgan fingerprint density at radius 1 is 1.00 bits per heavy atom. The highest BCUT2D eigenvalue weighted by molar-refractivity contribution is 5.95. The Kier molecular flexibility index (Phi) is 10.8. The second-order valence-corrected chi connectivity index (χ2v) is 11.5.